The molecule has 166 valence electrons. The van der Waals surface area contributed by atoms with Gasteiger partial charge in [0.25, 0.3) is 0 Å². The number of benzene rings is 2. The highest BCUT2D eigenvalue weighted by Gasteiger charge is 2.56. The molecule has 2 aromatic rings. The monoisotopic (exact) mass is 428 g/mol. The van der Waals surface area contributed by atoms with Gasteiger partial charge in [-0.25, -0.2) is 0 Å². The van der Waals surface area contributed by atoms with Crippen molar-refractivity contribution in [3.05, 3.63) is 58.7 Å². The van der Waals surface area contributed by atoms with Gasteiger partial charge in [0.2, 0.25) is 0 Å². The minimum absolute atomic E-state index is 0.549. The fourth-order valence-corrected chi connectivity index (χ4v) is 4.45. The topological polar surface area (TPSA) is 86.6 Å². The van der Waals surface area contributed by atoms with Crippen LogP contribution >= 0.6 is 0 Å². The van der Waals surface area contributed by atoms with E-state index in [4.69, 9.17) is 23.7 Å². The molecule has 5 atom stereocenters. The smallest absolute Gasteiger partial charge is 0.190 e. The number of aliphatic hydroxyl groups is 2. The molecule has 5 rings (SSSR count). The summed E-state index contributed by atoms with van der Waals surface area (Å²) in [4.78, 5) is 0. The molecule has 3 aliphatic rings. The van der Waals surface area contributed by atoms with Crippen molar-refractivity contribution < 1.29 is 33.9 Å². The Morgan fingerprint density at radius 1 is 1.03 bits per heavy atom. The fourth-order valence-electron chi connectivity index (χ4n) is 4.45. The first-order valence-corrected chi connectivity index (χ1v) is 10.7. The van der Waals surface area contributed by atoms with Gasteiger partial charge in [-0.05, 0) is 61.6 Å². The highest BCUT2D eigenvalue weighted by atomic mass is 16.8. The van der Waals surface area contributed by atoms with E-state index < -0.39 is 36.5 Å². The van der Waals surface area contributed by atoms with Gasteiger partial charge in [-0.2, -0.15) is 0 Å². The van der Waals surface area contributed by atoms with Gasteiger partial charge in [-0.15, -0.1) is 0 Å². The van der Waals surface area contributed by atoms with Crippen LogP contribution < -0.4 is 9.47 Å². The van der Waals surface area contributed by atoms with Gasteiger partial charge in [0, 0.05) is 0 Å². The summed E-state index contributed by atoms with van der Waals surface area (Å²) >= 11 is 0. The maximum Gasteiger partial charge on any atom is 0.190 e. The van der Waals surface area contributed by atoms with Gasteiger partial charge < -0.3 is 33.9 Å². The Balaban J connectivity index is 1.34. The molecule has 7 nitrogen and oxygen atoms in total. The van der Waals surface area contributed by atoms with Crippen molar-refractivity contribution in [1.29, 1.82) is 0 Å². The van der Waals surface area contributed by atoms with E-state index in [1.807, 2.05) is 43.3 Å². The zero-order valence-corrected chi connectivity index (χ0v) is 17.9. The third-order valence-corrected chi connectivity index (χ3v) is 6.08. The average molecular weight is 428 g/mol. The van der Waals surface area contributed by atoms with Crippen molar-refractivity contribution in [2.45, 2.75) is 63.7 Å². The number of ether oxygens (including phenoxy) is 5. The normalized spacial score (nSPS) is 29.6. The zero-order valence-electron chi connectivity index (χ0n) is 17.9. The molecule has 0 aromatic heterocycles. The van der Waals surface area contributed by atoms with E-state index in [9.17, 15) is 10.2 Å². The van der Waals surface area contributed by atoms with E-state index in [0.29, 0.717) is 25.2 Å². The summed E-state index contributed by atoms with van der Waals surface area (Å²) < 4.78 is 28.5. The second-order valence-corrected chi connectivity index (χ2v) is 8.85. The number of aryl methyl sites for hydroxylation is 1. The lowest BCUT2D eigenvalue weighted by Crippen LogP contribution is -2.37. The molecule has 0 saturated carbocycles. The lowest BCUT2D eigenvalue weighted by Gasteiger charge is -2.26. The molecule has 0 radical (unpaired) electrons. The van der Waals surface area contributed by atoms with Crippen LogP contribution in [0.5, 0.6) is 11.5 Å². The first-order valence-electron chi connectivity index (χ1n) is 10.7. The minimum atomic E-state index is -1.00. The van der Waals surface area contributed by atoms with Gasteiger partial charge in [0.15, 0.2) is 23.6 Å². The quantitative estimate of drug-likeness (QED) is 0.774. The van der Waals surface area contributed by atoms with Crippen molar-refractivity contribution in [3.8, 4) is 11.5 Å². The molecule has 2 aromatic carbocycles. The van der Waals surface area contributed by atoms with Crippen LogP contribution in [-0.4, -0.2) is 53.8 Å². The first-order chi connectivity index (χ1) is 14.8. The van der Waals surface area contributed by atoms with Crippen molar-refractivity contribution >= 4 is 0 Å². The summed E-state index contributed by atoms with van der Waals surface area (Å²) in [5, 5.41) is 21.7. The predicted molar refractivity (Wildman–Crippen MR) is 111 cm³/mol. The SMILES string of the molecule is Cc1ccc(C(O)[C@@H]2O[C@H]3OC(C)(C)O[C@H]3[C@@H]2O)cc1Cc1ccc2c(c1)OCCO2. The predicted octanol–water partition coefficient (Wildman–Crippen LogP) is 2.63. The maximum atomic E-state index is 11.0. The van der Waals surface area contributed by atoms with E-state index in [2.05, 4.69) is 0 Å². The molecule has 0 aliphatic carbocycles. The summed E-state index contributed by atoms with van der Waals surface area (Å²) in [5.41, 5.74) is 3.97. The summed E-state index contributed by atoms with van der Waals surface area (Å²) in [5.74, 6) is 0.711. The van der Waals surface area contributed by atoms with Crippen LogP contribution in [0.3, 0.4) is 0 Å². The number of hydrogen-bond acceptors (Lipinski definition) is 7. The summed E-state index contributed by atoms with van der Waals surface area (Å²) in [6.07, 6.45) is -3.43. The lowest BCUT2D eigenvalue weighted by molar-refractivity contribution is -0.226. The molecule has 0 amide bonds. The third-order valence-electron chi connectivity index (χ3n) is 6.08. The standard InChI is InChI=1S/C24H28O7/c1-13-4-6-15(19(25)21-20(26)22-23(29-21)31-24(2,3)30-22)12-16(13)10-14-5-7-17-18(11-14)28-9-8-27-17/h4-7,11-12,19-23,25-26H,8-10H2,1-3H3/t19?,20-,21+,22+,23+/m1/s1. The van der Waals surface area contributed by atoms with Gasteiger partial charge in [0.05, 0.1) is 0 Å². The molecule has 3 aliphatic heterocycles. The Morgan fingerprint density at radius 2 is 1.81 bits per heavy atom. The average Bonchev–Trinajstić information content (AvgIpc) is 3.21. The molecular formula is C24H28O7. The molecule has 0 spiro atoms. The van der Waals surface area contributed by atoms with Crippen LogP contribution in [0.25, 0.3) is 0 Å². The maximum absolute atomic E-state index is 11.0. The van der Waals surface area contributed by atoms with Crippen molar-refractivity contribution in [3.63, 3.8) is 0 Å². The van der Waals surface area contributed by atoms with Crippen molar-refractivity contribution in [1.82, 2.24) is 0 Å². The summed E-state index contributed by atoms with van der Waals surface area (Å²) in [6, 6.07) is 11.8. The van der Waals surface area contributed by atoms with Gasteiger partial charge in [-0.3, -0.25) is 0 Å². The molecule has 2 fully saturated rings. The van der Waals surface area contributed by atoms with E-state index in [1.165, 1.54) is 0 Å². The molecule has 7 heteroatoms. The number of aliphatic hydroxyl groups excluding tert-OH is 2. The Morgan fingerprint density at radius 3 is 2.58 bits per heavy atom. The highest BCUT2D eigenvalue weighted by Crippen LogP contribution is 2.41. The Bertz CT molecular complexity index is 972. The number of rotatable bonds is 4. The fraction of sp³-hybridized carbons (Fsp3) is 0.500. The largest absolute Gasteiger partial charge is 0.486 e. The first kappa shape index (κ1) is 20.7. The second-order valence-electron chi connectivity index (χ2n) is 8.85. The number of hydrogen-bond donors (Lipinski definition) is 2. The summed E-state index contributed by atoms with van der Waals surface area (Å²) in [6.45, 7) is 6.70. The Kier molecular flexibility index (Phi) is 5.19. The zero-order chi connectivity index (χ0) is 21.8. The minimum Gasteiger partial charge on any atom is -0.486 e. The van der Waals surface area contributed by atoms with Crippen LogP contribution in [0.4, 0.5) is 0 Å². The van der Waals surface area contributed by atoms with Crippen LogP contribution in [0.1, 0.15) is 42.2 Å². The van der Waals surface area contributed by atoms with E-state index >= 15 is 0 Å². The van der Waals surface area contributed by atoms with Crippen LogP contribution in [0, 0.1) is 6.92 Å². The lowest BCUT2D eigenvalue weighted by atomic mass is 9.93. The van der Waals surface area contributed by atoms with Gasteiger partial charge in [0.1, 0.15) is 37.6 Å². The van der Waals surface area contributed by atoms with Crippen LogP contribution in [0.15, 0.2) is 36.4 Å². The molecule has 31 heavy (non-hydrogen) atoms. The molecule has 1 unspecified atom stereocenters. The van der Waals surface area contributed by atoms with Crippen LogP contribution in [0.2, 0.25) is 0 Å². The Labute approximate surface area is 181 Å². The van der Waals surface area contributed by atoms with Crippen molar-refractivity contribution in [2.24, 2.45) is 0 Å². The van der Waals surface area contributed by atoms with Gasteiger partial charge >= 0.3 is 0 Å². The van der Waals surface area contributed by atoms with E-state index in [-0.39, 0.29) is 0 Å². The third kappa shape index (κ3) is 3.92. The van der Waals surface area contributed by atoms with Crippen LogP contribution in [-0.2, 0) is 20.6 Å². The Hall–Kier alpha value is -2.16. The number of fused-ring (bicyclic) bond motifs is 2. The second kappa shape index (κ2) is 7.76. The molecule has 2 N–H and O–H groups in total. The van der Waals surface area contributed by atoms with E-state index in [1.54, 1.807) is 13.8 Å². The van der Waals surface area contributed by atoms with Gasteiger partial charge in [-0.1, -0.05) is 24.3 Å². The molecule has 0 bridgehead atoms. The molecule has 2 saturated heterocycles. The highest BCUT2D eigenvalue weighted by molar-refractivity contribution is 5.46. The molecule has 3 heterocycles. The van der Waals surface area contributed by atoms with Crippen molar-refractivity contribution in [2.75, 3.05) is 13.2 Å². The molecular weight excluding hydrogens is 400 g/mol. The van der Waals surface area contributed by atoms with E-state index in [0.717, 1.165) is 28.2 Å². The summed E-state index contributed by atoms with van der Waals surface area (Å²) in [7, 11) is 0.